The molecule has 15 heavy (non-hydrogen) atoms. The van der Waals surface area contributed by atoms with Crippen LogP contribution in [0.5, 0.6) is 0 Å². The first-order valence-corrected chi connectivity index (χ1v) is 5.90. The van der Waals surface area contributed by atoms with E-state index in [0.29, 0.717) is 0 Å². The van der Waals surface area contributed by atoms with Crippen LogP contribution < -0.4 is 0 Å². The van der Waals surface area contributed by atoms with Gasteiger partial charge in [-0.3, -0.25) is 4.90 Å². The van der Waals surface area contributed by atoms with Crippen LogP contribution >= 0.6 is 0 Å². The van der Waals surface area contributed by atoms with E-state index in [1.165, 1.54) is 0 Å². The summed E-state index contributed by atoms with van der Waals surface area (Å²) in [5.74, 6) is -2.40. The molecule has 2 atom stereocenters. The number of alkyl halides is 2. The predicted octanol–water partition coefficient (Wildman–Crippen LogP) is 3.29. The average Bonchev–Trinajstić information content (AvgIpc) is 2.30. The van der Waals surface area contributed by atoms with Gasteiger partial charge in [-0.1, -0.05) is 20.8 Å². The van der Waals surface area contributed by atoms with Gasteiger partial charge in [0.25, 0.3) is 5.92 Å². The molecule has 0 amide bonds. The zero-order valence-corrected chi connectivity index (χ0v) is 9.89. The van der Waals surface area contributed by atoms with Gasteiger partial charge in [0, 0.05) is 31.5 Å². The van der Waals surface area contributed by atoms with Gasteiger partial charge in [-0.25, -0.2) is 8.78 Å². The fraction of sp³-hybridized carbons (Fsp3) is 1.00. The van der Waals surface area contributed by atoms with E-state index in [2.05, 4.69) is 25.7 Å². The lowest BCUT2D eigenvalue weighted by atomic mass is 9.91. The summed E-state index contributed by atoms with van der Waals surface area (Å²) in [7, 11) is 0. The molecule has 0 N–H and O–H groups in total. The van der Waals surface area contributed by atoms with Crippen molar-refractivity contribution < 1.29 is 8.78 Å². The topological polar surface area (TPSA) is 3.24 Å². The molecular weight excluding hydrogens is 196 g/mol. The van der Waals surface area contributed by atoms with Crippen LogP contribution in [0.4, 0.5) is 8.78 Å². The molecule has 2 aliphatic rings. The lowest BCUT2D eigenvalue weighted by molar-refractivity contribution is -0.0883. The first-order chi connectivity index (χ1) is 6.77. The molecule has 0 aromatic rings. The van der Waals surface area contributed by atoms with Crippen molar-refractivity contribution in [2.45, 2.75) is 64.5 Å². The quantitative estimate of drug-likeness (QED) is 0.651. The van der Waals surface area contributed by atoms with E-state index >= 15 is 0 Å². The Hall–Kier alpha value is -0.180. The largest absolute Gasteiger partial charge is 0.296 e. The number of hydrogen-bond donors (Lipinski definition) is 0. The summed E-state index contributed by atoms with van der Waals surface area (Å²) >= 11 is 0. The minimum Gasteiger partial charge on any atom is -0.296 e. The van der Waals surface area contributed by atoms with Crippen molar-refractivity contribution >= 4 is 0 Å². The maximum atomic E-state index is 13.3. The Morgan fingerprint density at radius 1 is 1.13 bits per heavy atom. The zero-order chi connectivity index (χ0) is 11.3. The van der Waals surface area contributed by atoms with Crippen LogP contribution in [0.1, 0.15) is 46.5 Å². The van der Waals surface area contributed by atoms with Crippen molar-refractivity contribution in [1.82, 2.24) is 4.90 Å². The van der Waals surface area contributed by atoms with Crippen molar-refractivity contribution in [2.75, 3.05) is 6.54 Å². The van der Waals surface area contributed by atoms with Gasteiger partial charge < -0.3 is 0 Å². The molecule has 0 aromatic heterocycles. The van der Waals surface area contributed by atoms with Crippen molar-refractivity contribution in [1.29, 1.82) is 0 Å². The fourth-order valence-electron chi connectivity index (χ4n) is 3.03. The first kappa shape index (κ1) is 11.3. The van der Waals surface area contributed by atoms with Crippen LogP contribution in [0.25, 0.3) is 0 Å². The number of piperidine rings is 1. The molecule has 2 bridgehead atoms. The van der Waals surface area contributed by atoms with E-state index in [0.717, 1.165) is 19.4 Å². The van der Waals surface area contributed by atoms with Crippen molar-refractivity contribution in [3.63, 3.8) is 0 Å². The smallest absolute Gasteiger partial charge is 0.251 e. The molecule has 2 rings (SSSR count). The normalized spacial score (nSPS) is 35.8. The highest BCUT2D eigenvalue weighted by atomic mass is 19.3. The number of rotatable bonds is 1. The molecule has 1 nitrogen and oxygen atoms in total. The first-order valence-electron chi connectivity index (χ1n) is 5.90. The molecule has 0 unspecified atom stereocenters. The molecule has 2 saturated heterocycles. The highest BCUT2D eigenvalue weighted by Crippen LogP contribution is 2.44. The van der Waals surface area contributed by atoms with Gasteiger partial charge in [0.1, 0.15) is 0 Å². The van der Waals surface area contributed by atoms with E-state index in [-0.39, 0.29) is 30.3 Å². The minimum atomic E-state index is -2.40. The fourth-order valence-corrected chi connectivity index (χ4v) is 3.03. The summed E-state index contributed by atoms with van der Waals surface area (Å²) in [5.41, 5.74) is 0.216. The molecule has 88 valence electrons. The third-order valence-corrected chi connectivity index (χ3v) is 3.50. The summed E-state index contributed by atoms with van der Waals surface area (Å²) in [4.78, 5) is 2.33. The van der Waals surface area contributed by atoms with Crippen LogP contribution in [0, 0.1) is 5.41 Å². The molecule has 0 saturated carbocycles. The summed E-state index contributed by atoms with van der Waals surface area (Å²) in [6.07, 6.45) is 2.10. The lowest BCUT2D eigenvalue weighted by Crippen LogP contribution is -2.50. The third-order valence-electron chi connectivity index (χ3n) is 3.50. The van der Waals surface area contributed by atoms with Gasteiger partial charge in [0.05, 0.1) is 0 Å². The average molecular weight is 217 g/mol. The third kappa shape index (κ3) is 2.49. The van der Waals surface area contributed by atoms with Gasteiger partial charge in [-0.15, -0.1) is 0 Å². The Balaban J connectivity index is 2.05. The summed E-state index contributed by atoms with van der Waals surface area (Å²) in [6, 6.07) is 0.274. The number of hydrogen-bond acceptors (Lipinski definition) is 1. The van der Waals surface area contributed by atoms with Gasteiger partial charge in [-0.05, 0) is 18.3 Å². The molecule has 0 spiro atoms. The van der Waals surface area contributed by atoms with Gasteiger partial charge in [0.15, 0.2) is 0 Å². The summed E-state index contributed by atoms with van der Waals surface area (Å²) < 4.78 is 26.6. The maximum Gasteiger partial charge on any atom is 0.251 e. The standard InChI is InChI=1S/C12H21F2N/c1-11(2,3)8-15-9-4-5-10(15)7-12(13,14)6-9/h9-10H,4-8H2,1-3H3/t9-,10+. The van der Waals surface area contributed by atoms with E-state index in [4.69, 9.17) is 0 Å². The van der Waals surface area contributed by atoms with Crippen molar-refractivity contribution in [3.05, 3.63) is 0 Å². The zero-order valence-electron chi connectivity index (χ0n) is 9.89. The van der Waals surface area contributed by atoms with Crippen LogP contribution in [0.15, 0.2) is 0 Å². The van der Waals surface area contributed by atoms with E-state index in [9.17, 15) is 8.78 Å². The Kier molecular flexibility index (Phi) is 2.57. The Bertz CT molecular complexity index is 228. The second-order valence-corrected chi connectivity index (χ2v) is 6.38. The molecular formula is C12H21F2N. The number of halogens is 2. The molecule has 2 fully saturated rings. The predicted molar refractivity (Wildman–Crippen MR) is 57.2 cm³/mol. The van der Waals surface area contributed by atoms with E-state index in [1.807, 2.05) is 0 Å². The SMILES string of the molecule is CC(C)(C)CN1[C@@H]2CC[C@H]1CC(F)(F)C2. The molecule has 0 aliphatic carbocycles. The van der Waals surface area contributed by atoms with Crippen LogP contribution in [-0.4, -0.2) is 29.5 Å². The molecule has 2 heterocycles. The van der Waals surface area contributed by atoms with Gasteiger partial charge in [0.2, 0.25) is 0 Å². The second kappa shape index (κ2) is 3.41. The summed E-state index contributed by atoms with van der Waals surface area (Å²) in [5, 5.41) is 0. The Morgan fingerprint density at radius 2 is 1.60 bits per heavy atom. The van der Waals surface area contributed by atoms with Crippen molar-refractivity contribution in [3.8, 4) is 0 Å². The van der Waals surface area contributed by atoms with Gasteiger partial charge in [-0.2, -0.15) is 0 Å². The molecule has 2 aliphatic heterocycles. The Morgan fingerprint density at radius 3 is 2.00 bits per heavy atom. The van der Waals surface area contributed by atoms with Crippen LogP contribution in [0.2, 0.25) is 0 Å². The van der Waals surface area contributed by atoms with E-state index in [1.54, 1.807) is 0 Å². The second-order valence-electron chi connectivity index (χ2n) is 6.38. The highest BCUT2D eigenvalue weighted by Gasteiger charge is 2.49. The molecule has 0 radical (unpaired) electrons. The highest BCUT2D eigenvalue weighted by molar-refractivity contribution is 4.99. The lowest BCUT2D eigenvalue weighted by Gasteiger charge is -2.41. The van der Waals surface area contributed by atoms with Crippen LogP contribution in [-0.2, 0) is 0 Å². The Labute approximate surface area is 90.8 Å². The number of fused-ring (bicyclic) bond motifs is 2. The number of nitrogens with zero attached hydrogens (tertiary/aromatic N) is 1. The molecule has 3 heteroatoms. The van der Waals surface area contributed by atoms with Crippen molar-refractivity contribution in [2.24, 2.45) is 5.41 Å². The van der Waals surface area contributed by atoms with Crippen LogP contribution in [0.3, 0.4) is 0 Å². The molecule has 0 aromatic carbocycles. The van der Waals surface area contributed by atoms with Gasteiger partial charge >= 0.3 is 0 Å². The summed E-state index contributed by atoms with van der Waals surface area (Å²) in [6.45, 7) is 7.50. The maximum absolute atomic E-state index is 13.3. The van der Waals surface area contributed by atoms with E-state index < -0.39 is 5.92 Å². The minimum absolute atomic E-state index is 0.0829. The monoisotopic (exact) mass is 217 g/mol.